The Morgan fingerprint density at radius 2 is 1.68 bits per heavy atom. The van der Waals surface area contributed by atoms with Crippen LogP contribution < -0.4 is 0 Å². The number of carboxylic acids is 1. The molecule has 2 aromatic rings. The Bertz CT molecular complexity index is 744. The molecule has 0 aliphatic carbocycles. The fourth-order valence-corrected chi connectivity index (χ4v) is 2.50. The molecule has 0 amide bonds. The van der Waals surface area contributed by atoms with E-state index in [0.29, 0.717) is 0 Å². The second-order valence-corrected chi connectivity index (χ2v) is 5.34. The van der Waals surface area contributed by atoms with Crippen LogP contribution in [-0.4, -0.2) is 16.9 Å². The number of alkyl halides is 3. The number of carbonyl (C=O) groups excluding carboxylic acids is 1. The van der Waals surface area contributed by atoms with Gasteiger partial charge in [0.1, 0.15) is 4.88 Å². The lowest BCUT2D eigenvalue weighted by molar-refractivity contribution is -0.137. The predicted molar refractivity (Wildman–Crippen MR) is 76.1 cm³/mol. The third-order valence-electron chi connectivity index (χ3n) is 2.74. The van der Waals surface area contributed by atoms with E-state index >= 15 is 0 Å². The predicted octanol–water partition coefficient (Wildman–Crippen LogP) is 4.36. The Kier molecular flexibility index (Phi) is 4.46. The van der Waals surface area contributed by atoms with Crippen molar-refractivity contribution in [2.75, 3.05) is 0 Å². The van der Waals surface area contributed by atoms with Gasteiger partial charge in [-0.15, -0.1) is 11.3 Å². The number of carbonyl (C=O) groups is 2. The molecule has 0 radical (unpaired) electrons. The number of hydrogen-bond donors (Lipinski definition) is 1. The number of halogens is 3. The summed E-state index contributed by atoms with van der Waals surface area (Å²) in [5.41, 5.74) is -0.963. The molecule has 0 spiro atoms. The summed E-state index contributed by atoms with van der Waals surface area (Å²) in [6.45, 7) is 0. The van der Waals surface area contributed by atoms with E-state index in [-0.39, 0.29) is 15.3 Å². The van der Waals surface area contributed by atoms with E-state index < -0.39 is 23.5 Å². The highest BCUT2D eigenvalue weighted by atomic mass is 32.1. The van der Waals surface area contributed by atoms with Gasteiger partial charge in [-0.3, -0.25) is 4.79 Å². The molecule has 0 aliphatic rings. The summed E-state index contributed by atoms with van der Waals surface area (Å²) in [4.78, 5) is 22.7. The van der Waals surface area contributed by atoms with Gasteiger partial charge in [0, 0.05) is 0 Å². The van der Waals surface area contributed by atoms with Gasteiger partial charge in [-0.1, -0.05) is 24.3 Å². The van der Waals surface area contributed by atoms with Crippen molar-refractivity contribution in [3.05, 3.63) is 63.4 Å². The van der Waals surface area contributed by atoms with Crippen LogP contribution in [0.1, 0.15) is 30.5 Å². The Morgan fingerprint density at radius 3 is 2.27 bits per heavy atom. The Labute approximate surface area is 127 Å². The molecule has 0 atom stereocenters. The summed E-state index contributed by atoms with van der Waals surface area (Å²) in [6.07, 6.45) is -2.43. The number of ketones is 1. The van der Waals surface area contributed by atoms with E-state index in [9.17, 15) is 22.8 Å². The Balaban J connectivity index is 2.25. The monoisotopic (exact) mass is 326 g/mol. The summed E-state index contributed by atoms with van der Waals surface area (Å²) >= 11 is 0.771. The molecule has 0 aliphatic heterocycles. The summed E-state index contributed by atoms with van der Waals surface area (Å²) in [6, 6.07) is 7.49. The first kappa shape index (κ1) is 16.0. The lowest BCUT2D eigenvalue weighted by atomic mass is 10.1. The maximum Gasteiger partial charge on any atom is 0.416 e. The Morgan fingerprint density at radius 1 is 1.05 bits per heavy atom. The smallest absolute Gasteiger partial charge is 0.416 e. The summed E-state index contributed by atoms with van der Waals surface area (Å²) in [7, 11) is 0. The van der Waals surface area contributed by atoms with Gasteiger partial charge in [-0.05, 0) is 29.8 Å². The van der Waals surface area contributed by atoms with E-state index in [1.807, 2.05) is 0 Å². The molecule has 1 aromatic carbocycles. The molecule has 0 saturated carbocycles. The van der Waals surface area contributed by atoms with E-state index in [1.165, 1.54) is 30.3 Å². The zero-order valence-electron chi connectivity index (χ0n) is 10.9. The van der Waals surface area contributed by atoms with Crippen LogP contribution in [0.2, 0.25) is 0 Å². The first-order valence-corrected chi connectivity index (χ1v) is 6.82. The lowest BCUT2D eigenvalue weighted by Gasteiger charge is -2.09. The number of aromatic carboxylic acids is 1. The van der Waals surface area contributed by atoms with Crippen molar-refractivity contribution in [2.24, 2.45) is 0 Å². The first-order chi connectivity index (χ1) is 10.3. The molecule has 2 rings (SSSR count). The topological polar surface area (TPSA) is 54.4 Å². The molecular formula is C15H9F3O3S. The molecule has 1 aromatic heterocycles. The molecule has 0 saturated heterocycles. The molecule has 1 heterocycles. The van der Waals surface area contributed by atoms with Crippen molar-refractivity contribution in [2.45, 2.75) is 6.18 Å². The van der Waals surface area contributed by atoms with Gasteiger partial charge < -0.3 is 5.11 Å². The number of carboxylic acid groups (broad SMARTS) is 1. The van der Waals surface area contributed by atoms with E-state index in [4.69, 9.17) is 5.11 Å². The highest BCUT2D eigenvalue weighted by Gasteiger charge is 2.32. The normalized spacial score (nSPS) is 11.8. The Hall–Kier alpha value is -2.41. The maximum absolute atomic E-state index is 12.8. The number of benzene rings is 1. The average Bonchev–Trinajstić information content (AvgIpc) is 2.94. The minimum Gasteiger partial charge on any atom is -0.477 e. The van der Waals surface area contributed by atoms with Gasteiger partial charge in [0.2, 0.25) is 0 Å². The van der Waals surface area contributed by atoms with Gasteiger partial charge in [0.25, 0.3) is 0 Å². The molecular weight excluding hydrogens is 317 g/mol. The number of thiophene rings is 1. The fraction of sp³-hybridized carbons (Fsp3) is 0.0667. The van der Waals surface area contributed by atoms with Gasteiger partial charge in [0.05, 0.1) is 10.4 Å². The van der Waals surface area contributed by atoms with Crippen LogP contribution in [0.25, 0.3) is 6.08 Å². The van der Waals surface area contributed by atoms with Crippen molar-refractivity contribution in [3.8, 4) is 0 Å². The maximum atomic E-state index is 12.8. The van der Waals surface area contributed by atoms with Crippen LogP contribution in [0, 0.1) is 0 Å². The zero-order chi connectivity index (χ0) is 16.3. The van der Waals surface area contributed by atoms with Gasteiger partial charge >= 0.3 is 12.1 Å². The van der Waals surface area contributed by atoms with Crippen molar-refractivity contribution in [3.63, 3.8) is 0 Å². The fourth-order valence-electron chi connectivity index (χ4n) is 1.73. The van der Waals surface area contributed by atoms with Crippen LogP contribution >= 0.6 is 11.3 Å². The first-order valence-electron chi connectivity index (χ1n) is 6.01. The third-order valence-corrected chi connectivity index (χ3v) is 3.83. The second kappa shape index (κ2) is 6.15. The molecule has 3 nitrogen and oxygen atoms in total. The van der Waals surface area contributed by atoms with Crippen molar-refractivity contribution in [1.82, 2.24) is 0 Å². The second-order valence-electron chi connectivity index (χ2n) is 4.25. The van der Waals surface area contributed by atoms with Crippen LogP contribution in [-0.2, 0) is 6.18 Å². The molecule has 0 bridgehead atoms. The van der Waals surface area contributed by atoms with Crippen molar-refractivity contribution >= 4 is 29.2 Å². The minimum absolute atomic E-state index is 0.00700. The van der Waals surface area contributed by atoms with Gasteiger partial charge in [0.15, 0.2) is 5.78 Å². The molecule has 1 N–H and O–H groups in total. The molecule has 22 heavy (non-hydrogen) atoms. The van der Waals surface area contributed by atoms with Gasteiger partial charge in [-0.25, -0.2) is 4.79 Å². The van der Waals surface area contributed by atoms with E-state index in [2.05, 4.69) is 0 Å². The molecule has 114 valence electrons. The summed E-state index contributed by atoms with van der Waals surface area (Å²) in [5.74, 6) is -1.70. The van der Waals surface area contributed by atoms with Crippen molar-refractivity contribution in [1.29, 1.82) is 0 Å². The third kappa shape index (κ3) is 3.62. The zero-order valence-corrected chi connectivity index (χ0v) is 11.7. The standard InChI is InChI=1S/C15H9F3O3S/c16-15(17,18)10-4-2-1-3-9(10)5-6-11(19)12-7-8-13(22-12)14(20)21/h1-8H,(H,20,21)/b6-5+. The highest BCUT2D eigenvalue weighted by molar-refractivity contribution is 7.16. The van der Waals surface area contributed by atoms with Crippen LogP contribution in [0.5, 0.6) is 0 Å². The number of hydrogen-bond acceptors (Lipinski definition) is 3. The van der Waals surface area contributed by atoms with E-state index in [1.54, 1.807) is 0 Å². The van der Waals surface area contributed by atoms with Crippen molar-refractivity contribution < 1.29 is 27.9 Å². The van der Waals surface area contributed by atoms with Gasteiger partial charge in [-0.2, -0.15) is 13.2 Å². The number of allylic oxidation sites excluding steroid dienone is 1. The highest BCUT2D eigenvalue weighted by Crippen LogP contribution is 2.32. The quantitative estimate of drug-likeness (QED) is 0.671. The van der Waals surface area contributed by atoms with E-state index in [0.717, 1.165) is 29.6 Å². The molecule has 0 fully saturated rings. The minimum atomic E-state index is -4.51. The molecule has 7 heteroatoms. The van der Waals surface area contributed by atoms with Crippen LogP contribution in [0.15, 0.2) is 42.5 Å². The van der Waals surface area contributed by atoms with Crippen LogP contribution in [0.3, 0.4) is 0 Å². The summed E-state index contributed by atoms with van der Waals surface area (Å²) < 4.78 is 38.4. The average molecular weight is 326 g/mol. The largest absolute Gasteiger partial charge is 0.477 e. The number of rotatable bonds is 4. The van der Waals surface area contributed by atoms with Crippen LogP contribution in [0.4, 0.5) is 13.2 Å². The lowest BCUT2D eigenvalue weighted by Crippen LogP contribution is -2.07. The molecule has 0 unspecified atom stereocenters. The SMILES string of the molecule is O=C(O)c1ccc(C(=O)/C=C/c2ccccc2C(F)(F)F)s1. The summed E-state index contributed by atoms with van der Waals surface area (Å²) in [5, 5.41) is 8.77.